The van der Waals surface area contributed by atoms with E-state index in [2.05, 4.69) is 14.7 Å². The zero-order valence-electron chi connectivity index (χ0n) is 10.8. The molecule has 0 saturated carbocycles. The molecule has 3 aromatic rings. The maximum atomic E-state index is 12.9. The lowest BCUT2D eigenvalue weighted by Gasteiger charge is -2.10. The lowest BCUT2D eigenvalue weighted by atomic mass is 10.0. The lowest BCUT2D eigenvalue weighted by molar-refractivity contribution is -0.136. The van der Waals surface area contributed by atoms with E-state index < -0.39 is 17.7 Å². The third-order valence-electron chi connectivity index (χ3n) is 3.08. The van der Waals surface area contributed by atoms with Gasteiger partial charge >= 0.3 is 12.1 Å². The predicted molar refractivity (Wildman–Crippen MR) is 69.2 cm³/mol. The molecule has 0 atom stereocenters. The first-order chi connectivity index (χ1) is 10.4. The molecule has 0 aliphatic carbocycles. The molecule has 0 bridgehead atoms. The molecular weight excluding hydrogens is 301 g/mol. The number of carbonyl (C=O) groups is 1. The molecule has 0 saturated heterocycles. The van der Waals surface area contributed by atoms with Crippen LogP contribution in [0.4, 0.5) is 13.2 Å². The zero-order chi connectivity index (χ0) is 15.9. The smallest absolute Gasteiger partial charge is 0.418 e. The second-order valence-corrected chi connectivity index (χ2v) is 4.50. The van der Waals surface area contributed by atoms with Gasteiger partial charge in [0.1, 0.15) is 5.69 Å². The van der Waals surface area contributed by atoms with E-state index >= 15 is 0 Å². The second kappa shape index (κ2) is 4.83. The molecule has 0 unspecified atom stereocenters. The number of fused-ring (bicyclic) bond motifs is 1. The van der Waals surface area contributed by atoms with Crippen molar-refractivity contribution in [3.05, 3.63) is 48.0 Å². The van der Waals surface area contributed by atoms with E-state index in [9.17, 15) is 18.0 Å². The van der Waals surface area contributed by atoms with Crippen molar-refractivity contribution in [2.45, 2.75) is 6.18 Å². The fraction of sp³-hybridized carbons (Fsp3) is 0.0714. The molecule has 0 aliphatic rings. The van der Waals surface area contributed by atoms with E-state index in [1.165, 1.54) is 30.5 Å². The first-order valence-corrected chi connectivity index (χ1v) is 6.01. The molecule has 5 nitrogen and oxygen atoms in total. The first kappa shape index (κ1) is 14.1. The monoisotopic (exact) mass is 308 g/mol. The number of carboxylic acid groups (broad SMARTS) is 1. The topological polar surface area (TPSA) is 76.2 Å². The number of pyridine rings is 1. The maximum absolute atomic E-state index is 12.9. The Bertz CT molecular complexity index is 871. The fourth-order valence-electron chi connectivity index (χ4n) is 2.07. The van der Waals surface area contributed by atoms with Crippen LogP contribution in [0.5, 0.6) is 0 Å². The van der Waals surface area contributed by atoms with Crippen LogP contribution >= 0.6 is 0 Å². The molecule has 0 aliphatic heterocycles. The zero-order valence-corrected chi connectivity index (χ0v) is 10.8. The van der Waals surface area contributed by atoms with Gasteiger partial charge in [-0.25, -0.2) is 4.79 Å². The molecule has 8 heteroatoms. The Hall–Kier alpha value is -2.90. The van der Waals surface area contributed by atoms with Crippen molar-refractivity contribution in [1.29, 1.82) is 0 Å². The van der Waals surface area contributed by atoms with Gasteiger partial charge in [0, 0.05) is 29.4 Å². The number of benzene rings is 1. The van der Waals surface area contributed by atoms with Crippen molar-refractivity contribution < 1.29 is 27.6 Å². The van der Waals surface area contributed by atoms with Gasteiger partial charge in [-0.1, -0.05) is 17.3 Å². The fourth-order valence-corrected chi connectivity index (χ4v) is 2.07. The van der Waals surface area contributed by atoms with Crippen LogP contribution in [-0.4, -0.2) is 21.2 Å². The number of hydrogen-bond acceptors (Lipinski definition) is 4. The number of carboxylic acids is 1. The molecule has 0 fully saturated rings. The maximum Gasteiger partial charge on any atom is 0.418 e. The minimum atomic E-state index is -4.50. The quantitative estimate of drug-likeness (QED) is 0.782. The Morgan fingerprint density at radius 3 is 2.59 bits per heavy atom. The van der Waals surface area contributed by atoms with Gasteiger partial charge in [0.15, 0.2) is 0 Å². The number of halogens is 3. The summed E-state index contributed by atoms with van der Waals surface area (Å²) in [4.78, 5) is 14.3. The molecule has 1 aromatic carbocycles. The van der Waals surface area contributed by atoms with E-state index in [0.29, 0.717) is 5.56 Å². The number of nitrogens with zero attached hydrogens (tertiary/aromatic N) is 2. The lowest BCUT2D eigenvalue weighted by Crippen LogP contribution is -2.06. The van der Waals surface area contributed by atoms with Gasteiger partial charge in [0.25, 0.3) is 0 Å². The molecule has 0 amide bonds. The summed E-state index contributed by atoms with van der Waals surface area (Å²) in [6.07, 6.45) is -2.44. The van der Waals surface area contributed by atoms with Crippen LogP contribution in [-0.2, 0) is 6.18 Å². The minimum Gasteiger partial charge on any atom is -0.475 e. The van der Waals surface area contributed by atoms with Crippen LogP contribution in [0, 0.1) is 0 Å². The first-order valence-electron chi connectivity index (χ1n) is 6.01. The van der Waals surface area contributed by atoms with Crippen LogP contribution in [0.15, 0.2) is 41.2 Å². The SMILES string of the molecule is O=C(O)c1cc(-c2ccc3c(C(F)(F)F)cncc3c2)no1. The molecule has 0 spiro atoms. The van der Waals surface area contributed by atoms with Crippen molar-refractivity contribution in [3.63, 3.8) is 0 Å². The summed E-state index contributed by atoms with van der Waals surface area (Å²) < 4.78 is 43.3. The Balaban J connectivity index is 2.12. The van der Waals surface area contributed by atoms with Crippen molar-refractivity contribution in [2.24, 2.45) is 0 Å². The standard InChI is InChI=1S/C14H7F3N2O3/c15-14(16,17)10-6-18-5-8-3-7(1-2-9(8)10)11-4-12(13(20)21)22-19-11/h1-6H,(H,20,21). The molecule has 0 radical (unpaired) electrons. The predicted octanol–water partition coefficient (Wildman–Crippen LogP) is 3.61. The highest BCUT2D eigenvalue weighted by Crippen LogP contribution is 2.35. The number of hydrogen-bond donors (Lipinski definition) is 1. The van der Waals surface area contributed by atoms with Gasteiger partial charge in [0.2, 0.25) is 5.76 Å². The molecule has 22 heavy (non-hydrogen) atoms. The number of aromatic carboxylic acids is 1. The van der Waals surface area contributed by atoms with E-state index in [1.807, 2.05) is 0 Å². The van der Waals surface area contributed by atoms with Gasteiger partial charge in [0.05, 0.1) is 5.56 Å². The van der Waals surface area contributed by atoms with Gasteiger partial charge in [-0.15, -0.1) is 0 Å². The number of aromatic nitrogens is 2. The van der Waals surface area contributed by atoms with Crippen LogP contribution in [0.2, 0.25) is 0 Å². The van der Waals surface area contributed by atoms with Gasteiger partial charge < -0.3 is 9.63 Å². The molecule has 2 aromatic heterocycles. The van der Waals surface area contributed by atoms with Crippen LogP contribution in [0.25, 0.3) is 22.0 Å². The highest BCUT2D eigenvalue weighted by molar-refractivity contribution is 5.90. The summed E-state index contributed by atoms with van der Waals surface area (Å²) in [5.41, 5.74) is -0.176. The Kier molecular flexibility index (Phi) is 3.09. The Morgan fingerprint density at radius 2 is 1.95 bits per heavy atom. The van der Waals surface area contributed by atoms with E-state index in [1.54, 1.807) is 0 Å². The van der Waals surface area contributed by atoms with Crippen molar-refractivity contribution in [2.75, 3.05) is 0 Å². The second-order valence-electron chi connectivity index (χ2n) is 4.50. The van der Waals surface area contributed by atoms with E-state index in [-0.39, 0.29) is 22.2 Å². The Morgan fingerprint density at radius 1 is 1.18 bits per heavy atom. The highest BCUT2D eigenvalue weighted by Gasteiger charge is 2.32. The molecular formula is C14H7F3N2O3. The summed E-state index contributed by atoms with van der Waals surface area (Å²) in [6.45, 7) is 0. The van der Waals surface area contributed by atoms with Crippen molar-refractivity contribution >= 4 is 16.7 Å². The van der Waals surface area contributed by atoms with Crippen LogP contribution in [0.3, 0.4) is 0 Å². The van der Waals surface area contributed by atoms with E-state index in [0.717, 1.165) is 6.20 Å². The summed E-state index contributed by atoms with van der Waals surface area (Å²) in [5.74, 6) is -1.63. The van der Waals surface area contributed by atoms with Gasteiger partial charge in [-0.05, 0) is 11.5 Å². The average molecular weight is 308 g/mol. The molecule has 112 valence electrons. The van der Waals surface area contributed by atoms with Crippen LogP contribution in [0.1, 0.15) is 16.1 Å². The number of rotatable bonds is 2. The average Bonchev–Trinajstić information content (AvgIpc) is 2.95. The normalized spacial score (nSPS) is 11.8. The van der Waals surface area contributed by atoms with E-state index in [4.69, 9.17) is 5.11 Å². The van der Waals surface area contributed by atoms with Gasteiger partial charge in [-0.3, -0.25) is 4.98 Å². The molecule has 3 rings (SSSR count). The summed E-state index contributed by atoms with van der Waals surface area (Å²) in [5, 5.41) is 12.6. The molecule has 1 N–H and O–H groups in total. The van der Waals surface area contributed by atoms with Crippen molar-refractivity contribution in [3.8, 4) is 11.3 Å². The minimum absolute atomic E-state index is 0.00760. The summed E-state index contributed by atoms with van der Waals surface area (Å²) in [6, 6.07) is 5.36. The summed E-state index contributed by atoms with van der Waals surface area (Å²) >= 11 is 0. The highest BCUT2D eigenvalue weighted by atomic mass is 19.4. The third kappa shape index (κ3) is 2.39. The van der Waals surface area contributed by atoms with Gasteiger partial charge in [-0.2, -0.15) is 13.2 Å². The summed E-state index contributed by atoms with van der Waals surface area (Å²) in [7, 11) is 0. The van der Waals surface area contributed by atoms with Crippen molar-refractivity contribution in [1.82, 2.24) is 10.1 Å². The largest absolute Gasteiger partial charge is 0.475 e. The van der Waals surface area contributed by atoms with Crippen LogP contribution < -0.4 is 0 Å². The number of alkyl halides is 3. The molecule has 2 heterocycles. The third-order valence-corrected chi connectivity index (χ3v) is 3.08. The Labute approximate surface area is 121 Å².